The van der Waals surface area contributed by atoms with E-state index in [0.717, 1.165) is 31.7 Å². The highest BCUT2D eigenvalue weighted by Gasteiger charge is 2.09. The Bertz CT molecular complexity index is 540. The molecule has 1 atom stereocenters. The Morgan fingerprint density at radius 1 is 1.35 bits per heavy atom. The largest absolute Gasteiger partial charge is 0.313 e. The highest BCUT2D eigenvalue weighted by molar-refractivity contribution is 5.17. The molecule has 0 amide bonds. The maximum Gasteiger partial charge on any atom is 0.0852 e. The van der Waals surface area contributed by atoms with Crippen LogP contribution in [0.25, 0.3) is 0 Å². The highest BCUT2D eigenvalue weighted by atomic mass is 15.3. The molecular formula is C15H25N5. The van der Waals surface area contributed by atoms with Gasteiger partial charge in [0.2, 0.25) is 0 Å². The van der Waals surface area contributed by atoms with Gasteiger partial charge < -0.3 is 5.32 Å². The van der Waals surface area contributed by atoms with Crippen LogP contribution in [0.5, 0.6) is 0 Å². The van der Waals surface area contributed by atoms with Gasteiger partial charge in [-0.2, -0.15) is 10.2 Å². The second-order valence-corrected chi connectivity index (χ2v) is 5.24. The summed E-state index contributed by atoms with van der Waals surface area (Å²) in [6.07, 6.45) is 5.10. The van der Waals surface area contributed by atoms with E-state index < -0.39 is 0 Å². The smallest absolute Gasteiger partial charge is 0.0852 e. The summed E-state index contributed by atoms with van der Waals surface area (Å²) in [4.78, 5) is 0. The lowest BCUT2D eigenvalue weighted by Crippen LogP contribution is -2.13. The fourth-order valence-electron chi connectivity index (χ4n) is 2.13. The van der Waals surface area contributed by atoms with Gasteiger partial charge in [-0.25, -0.2) is 0 Å². The fourth-order valence-corrected chi connectivity index (χ4v) is 2.13. The zero-order valence-electron chi connectivity index (χ0n) is 12.9. The lowest BCUT2D eigenvalue weighted by atomic mass is 10.2. The molecule has 2 aromatic heterocycles. The van der Waals surface area contributed by atoms with Gasteiger partial charge >= 0.3 is 0 Å². The standard InChI is InChI=1S/C15H25N5/c1-5-12(3)19-8-7-15(18-19)11-20-13(4)14(10-17-20)9-16-6-2/h7-8,10,12,16H,5-6,9,11H2,1-4H3. The van der Waals surface area contributed by atoms with Gasteiger partial charge in [-0.3, -0.25) is 9.36 Å². The van der Waals surface area contributed by atoms with Crippen molar-refractivity contribution in [1.29, 1.82) is 0 Å². The lowest BCUT2D eigenvalue weighted by molar-refractivity contribution is 0.470. The van der Waals surface area contributed by atoms with Gasteiger partial charge in [0.1, 0.15) is 0 Å². The van der Waals surface area contributed by atoms with Crippen LogP contribution in [-0.4, -0.2) is 26.1 Å². The quantitative estimate of drug-likeness (QED) is 0.844. The van der Waals surface area contributed by atoms with Gasteiger partial charge in [-0.1, -0.05) is 13.8 Å². The molecule has 1 unspecified atom stereocenters. The zero-order valence-corrected chi connectivity index (χ0v) is 12.9. The summed E-state index contributed by atoms with van der Waals surface area (Å²) in [5.41, 5.74) is 3.53. The van der Waals surface area contributed by atoms with Crippen LogP contribution in [0.2, 0.25) is 0 Å². The molecular weight excluding hydrogens is 250 g/mol. The fraction of sp³-hybridized carbons (Fsp3) is 0.600. The van der Waals surface area contributed by atoms with Crippen LogP contribution in [0.15, 0.2) is 18.5 Å². The molecule has 2 rings (SSSR count). The third kappa shape index (κ3) is 3.28. The van der Waals surface area contributed by atoms with E-state index in [1.54, 1.807) is 0 Å². The second kappa shape index (κ2) is 6.70. The molecule has 2 aromatic rings. The summed E-state index contributed by atoms with van der Waals surface area (Å²) in [6.45, 7) is 11.2. The van der Waals surface area contributed by atoms with E-state index in [1.807, 2.05) is 15.6 Å². The molecule has 0 aliphatic heterocycles. The average molecular weight is 275 g/mol. The zero-order chi connectivity index (χ0) is 14.5. The number of nitrogens with zero attached hydrogens (tertiary/aromatic N) is 4. The molecule has 0 saturated heterocycles. The number of nitrogens with one attached hydrogen (secondary N) is 1. The number of rotatable bonds is 7. The molecule has 0 fully saturated rings. The lowest BCUT2D eigenvalue weighted by Gasteiger charge is -2.08. The van der Waals surface area contributed by atoms with E-state index >= 15 is 0 Å². The molecule has 110 valence electrons. The van der Waals surface area contributed by atoms with E-state index in [1.165, 1.54) is 11.3 Å². The van der Waals surface area contributed by atoms with Crippen molar-refractivity contribution in [3.05, 3.63) is 35.4 Å². The molecule has 0 radical (unpaired) electrons. The molecule has 0 aliphatic carbocycles. The van der Waals surface area contributed by atoms with Crippen LogP contribution in [0.1, 0.15) is 50.2 Å². The third-order valence-corrected chi connectivity index (χ3v) is 3.79. The van der Waals surface area contributed by atoms with E-state index in [-0.39, 0.29) is 0 Å². The molecule has 1 N–H and O–H groups in total. The SMILES string of the molecule is CCNCc1cnn(Cc2ccn(C(C)CC)n2)c1C. The number of hydrogen-bond acceptors (Lipinski definition) is 3. The van der Waals surface area contributed by atoms with Gasteiger partial charge in [0, 0.05) is 30.0 Å². The Labute approximate surface area is 121 Å². The van der Waals surface area contributed by atoms with Crippen molar-refractivity contribution in [1.82, 2.24) is 24.9 Å². The summed E-state index contributed by atoms with van der Waals surface area (Å²) in [5, 5.41) is 12.4. The van der Waals surface area contributed by atoms with Crippen LogP contribution in [0.3, 0.4) is 0 Å². The molecule has 0 aliphatic rings. The molecule has 20 heavy (non-hydrogen) atoms. The van der Waals surface area contributed by atoms with Gasteiger partial charge in [0.25, 0.3) is 0 Å². The summed E-state index contributed by atoms with van der Waals surface area (Å²) >= 11 is 0. The Kier molecular flexibility index (Phi) is 4.95. The van der Waals surface area contributed by atoms with Crippen LogP contribution < -0.4 is 5.32 Å². The first kappa shape index (κ1) is 14.8. The van der Waals surface area contributed by atoms with E-state index in [2.05, 4.69) is 55.5 Å². The minimum absolute atomic E-state index is 0.451. The van der Waals surface area contributed by atoms with Gasteiger partial charge in [0.15, 0.2) is 0 Å². The topological polar surface area (TPSA) is 47.7 Å². The molecule has 0 aromatic carbocycles. The summed E-state index contributed by atoms with van der Waals surface area (Å²) in [6, 6.07) is 2.53. The van der Waals surface area contributed by atoms with Crippen LogP contribution in [0, 0.1) is 6.92 Å². The van der Waals surface area contributed by atoms with Crippen LogP contribution >= 0.6 is 0 Å². The first-order valence-corrected chi connectivity index (χ1v) is 7.41. The van der Waals surface area contributed by atoms with Crippen molar-refractivity contribution >= 4 is 0 Å². The maximum absolute atomic E-state index is 4.63. The van der Waals surface area contributed by atoms with Crippen molar-refractivity contribution in [3.63, 3.8) is 0 Å². The number of hydrogen-bond donors (Lipinski definition) is 1. The van der Waals surface area contributed by atoms with Gasteiger partial charge in [0.05, 0.1) is 18.4 Å². The van der Waals surface area contributed by atoms with Crippen molar-refractivity contribution in [2.45, 2.75) is 53.2 Å². The Morgan fingerprint density at radius 2 is 2.15 bits per heavy atom. The Balaban J connectivity index is 2.06. The molecule has 0 saturated carbocycles. The summed E-state index contributed by atoms with van der Waals surface area (Å²) in [7, 11) is 0. The van der Waals surface area contributed by atoms with Crippen molar-refractivity contribution in [3.8, 4) is 0 Å². The molecule has 5 nitrogen and oxygen atoms in total. The summed E-state index contributed by atoms with van der Waals surface area (Å²) < 4.78 is 4.06. The Hall–Kier alpha value is -1.62. The normalized spacial score (nSPS) is 12.8. The second-order valence-electron chi connectivity index (χ2n) is 5.24. The molecule has 2 heterocycles. The van der Waals surface area contributed by atoms with E-state index in [4.69, 9.17) is 0 Å². The van der Waals surface area contributed by atoms with E-state index in [9.17, 15) is 0 Å². The highest BCUT2D eigenvalue weighted by Crippen LogP contribution is 2.12. The first-order chi connectivity index (χ1) is 9.65. The molecule has 0 spiro atoms. The van der Waals surface area contributed by atoms with Crippen molar-refractivity contribution < 1.29 is 0 Å². The first-order valence-electron chi connectivity index (χ1n) is 7.41. The van der Waals surface area contributed by atoms with Crippen molar-refractivity contribution in [2.24, 2.45) is 0 Å². The van der Waals surface area contributed by atoms with Crippen LogP contribution in [-0.2, 0) is 13.1 Å². The predicted molar refractivity (Wildman–Crippen MR) is 80.7 cm³/mol. The predicted octanol–water partition coefficient (Wildman–Crippen LogP) is 2.52. The monoisotopic (exact) mass is 275 g/mol. The minimum atomic E-state index is 0.451. The Morgan fingerprint density at radius 3 is 2.85 bits per heavy atom. The van der Waals surface area contributed by atoms with E-state index in [0.29, 0.717) is 6.04 Å². The molecule has 0 bridgehead atoms. The van der Waals surface area contributed by atoms with Crippen molar-refractivity contribution in [2.75, 3.05) is 6.54 Å². The third-order valence-electron chi connectivity index (χ3n) is 3.79. The van der Waals surface area contributed by atoms with Crippen LogP contribution in [0.4, 0.5) is 0 Å². The number of aromatic nitrogens is 4. The van der Waals surface area contributed by atoms with Gasteiger partial charge in [-0.15, -0.1) is 0 Å². The maximum atomic E-state index is 4.63. The minimum Gasteiger partial charge on any atom is -0.313 e. The van der Waals surface area contributed by atoms with Gasteiger partial charge in [-0.05, 0) is 32.9 Å². The molecule has 5 heteroatoms. The average Bonchev–Trinajstić information content (AvgIpc) is 3.05. The summed E-state index contributed by atoms with van der Waals surface area (Å²) in [5.74, 6) is 0.